The Hall–Kier alpha value is -1.04. The van der Waals surface area contributed by atoms with E-state index in [4.69, 9.17) is 13.6 Å². The van der Waals surface area contributed by atoms with Gasteiger partial charge in [-0.3, -0.25) is 4.79 Å². The van der Waals surface area contributed by atoms with Gasteiger partial charge in [0, 0.05) is 18.5 Å². The Bertz CT molecular complexity index is 329. The van der Waals surface area contributed by atoms with Crippen LogP contribution in [-0.4, -0.2) is 38.3 Å². The molecule has 1 saturated heterocycles. The van der Waals surface area contributed by atoms with Crippen molar-refractivity contribution in [1.82, 2.24) is 10.6 Å². The van der Waals surface area contributed by atoms with Crippen molar-refractivity contribution < 1.29 is 9.59 Å². The van der Waals surface area contributed by atoms with E-state index in [1.54, 1.807) is 0 Å². The van der Waals surface area contributed by atoms with Crippen molar-refractivity contribution in [3.05, 3.63) is 0 Å². The highest BCUT2D eigenvalue weighted by Gasteiger charge is 2.30. The zero-order valence-corrected chi connectivity index (χ0v) is 11.2. The van der Waals surface area contributed by atoms with Crippen LogP contribution in [0.4, 0.5) is 4.79 Å². The van der Waals surface area contributed by atoms with Gasteiger partial charge in [0.25, 0.3) is 0 Å². The summed E-state index contributed by atoms with van der Waals surface area (Å²) in [6, 6.07) is -0.318. The lowest BCUT2D eigenvalue weighted by atomic mass is 9.61. The molecule has 2 radical (unpaired) electrons. The Morgan fingerprint density at radius 2 is 1.94 bits per heavy atom. The van der Waals surface area contributed by atoms with Gasteiger partial charge in [-0.15, -0.1) is 0 Å². The summed E-state index contributed by atoms with van der Waals surface area (Å²) in [5.74, 6) is -0.0773. The summed E-state index contributed by atoms with van der Waals surface area (Å²) in [5.41, 5.74) is 5.50. The van der Waals surface area contributed by atoms with Gasteiger partial charge in [-0.25, -0.2) is 4.79 Å². The van der Waals surface area contributed by atoms with Crippen molar-refractivity contribution in [2.75, 3.05) is 13.1 Å². The minimum Gasteiger partial charge on any atom is -0.338 e. The molecule has 0 saturated carbocycles. The van der Waals surface area contributed by atoms with Gasteiger partial charge < -0.3 is 16.4 Å². The normalized spacial score (nSPS) is 35.9. The minimum absolute atomic E-state index is 0.0138. The summed E-state index contributed by atoms with van der Waals surface area (Å²) in [6.45, 7) is 4.34. The fraction of sp³-hybridized carbons (Fsp3) is 0.833. The third-order valence-corrected chi connectivity index (χ3v) is 3.07. The number of hydrogen-bond donors (Lipinski definition) is 3. The second-order valence-corrected chi connectivity index (χ2v) is 5.91. The molecule has 1 fully saturated rings. The predicted molar refractivity (Wildman–Crippen MR) is 71.6 cm³/mol. The van der Waals surface area contributed by atoms with Gasteiger partial charge in [-0.05, 0) is 19.8 Å². The zero-order valence-electron chi connectivity index (χ0n) is 11.2. The summed E-state index contributed by atoms with van der Waals surface area (Å²) >= 11 is 0. The second-order valence-electron chi connectivity index (χ2n) is 5.91. The number of hydrogen-bond acceptors (Lipinski definition) is 3. The van der Waals surface area contributed by atoms with Crippen LogP contribution < -0.4 is 16.4 Å². The highest BCUT2D eigenvalue weighted by molar-refractivity contribution is 6.14. The van der Waals surface area contributed by atoms with Crippen molar-refractivity contribution in [2.45, 2.75) is 50.4 Å². The molecule has 0 aromatic heterocycles. The molecule has 1 rings (SSSR count). The molecule has 0 spiro atoms. The molecule has 5 nitrogen and oxygen atoms in total. The highest BCUT2D eigenvalue weighted by Crippen LogP contribution is 2.36. The predicted octanol–water partition coefficient (Wildman–Crippen LogP) is 0.493. The van der Waals surface area contributed by atoms with E-state index < -0.39 is 10.9 Å². The van der Waals surface area contributed by atoms with Crippen molar-refractivity contribution in [1.29, 1.82) is 0 Å². The molecule has 2 atom stereocenters. The van der Waals surface area contributed by atoms with E-state index in [0.717, 1.165) is 12.8 Å². The van der Waals surface area contributed by atoms with Gasteiger partial charge in [-0.1, -0.05) is 18.7 Å². The number of rotatable bonds is 0. The Morgan fingerprint density at radius 3 is 2.61 bits per heavy atom. The number of nitrogens with one attached hydrogen (secondary N) is 2. The smallest absolute Gasteiger partial charge is 0.315 e. The van der Waals surface area contributed by atoms with E-state index in [0.29, 0.717) is 13.0 Å². The van der Waals surface area contributed by atoms with Crippen molar-refractivity contribution in [3.8, 4) is 0 Å². The van der Waals surface area contributed by atoms with E-state index >= 15 is 0 Å². The number of nitrogens with two attached hydrogens (primary N) is 1. The average Bonchev–Trinajstić information content (AvgIpc) is 2.18. The maximum atomic E-state index is 11.7. The Kier molecular flexibility index (Phi) is 4.79. The maximum Gasteiger partial charge on any atom is 0.315 e. The van der Waals surface area contributed by atoms with E-state index in [-0.39, 0.29) is 24.8 Å². The Labute approximate surface area is 110 Å². The Balaban J connectivity index is 2.72. The first kappa shape index (κ1) is 15.0. The number of Topliss-reactive ketones (excluding diaryl/α,β-unsaturated/α-hetero) is 1. The third kappa shape index (κ3) is 5.53. The van der Waals surface area contributed by atoms with Crippen LogP contribution in [0, 0.1) is 0 Å². The molecule has 6 heteroatoms. The molecule has 18 heavy (non-hydrogen) atoms. The van der Waals surface area contributed by atoms with Gasteiger partial charge in [0.2, 0.25) is 0 Å². The molecule has 0 aliphatic carbocycles. The molecule has 1 aliphatic heterocycles. The summed E-state index contributed by atoms with van der Waals surface area (Å²) < 4.78 is 0. The van der Waals surface area contributed by atoms with Gasteiger partial charge in [0.1, 0.15) is 0 Å². The highest BCUT2D eigenvalue weighted by atomic mass is 16.2. The number of urea groups is 1. The van der Waals surface area contributed by atoms with E-state index in [2.05, 4.69) is 10.6 Å². The van der Waals surface area contributed by atoms with Crippen molar-refractivity contribution in [2.24, 2.45) is 5.73 Å². The fourth-order valence-electron chi connectivity index (χ4n) is 2.52. The molecule has 4 N–H and O–H groups in total. The molecule has 2 unspecified atom stereocenters. The lowest BCUT2D eigenvalue weighted by molar-refractivity contribution is -0.119. The summed E-state index contributed by atoms with van der Waals surface area (Å²) in [6.07, 6.45) is 2.36. The maximum absolute atomic E-state index is 11.7. The van der Waals surface area contributed by atoms with Gasteiger partial charge in [-0.2, -0.15) is 0 Å². The number of ketones is 1. The first-order chi connectivity index (χ1) is 8.20. The van der Waals surface area contributed by atoms with Crippen LogP contribution in [-0.2, 0) is 4.79 Å². The topological polar surface area (TPSA) is 84.2 Å². The van der Waals surface area contributed by atoms with Gasteiger partial charge in [0.05, 0.1) is 14.4 Å². The third-order valence-electron chi connectivity index (χ3n) is 3.07. The molecule has 1 aliphatic rings. The summed E-state index contributed by atoms with van der Waals surface area (Å²) in [4.78, 5) is 23.0. The number of carbonyl (C=O) groups is 2. The van der Waals surface area contributed by atoms with Crippen LogP contribution in [0.15, 0.2) is 0 Å². The molecular formula is C12H22BN3O2. The van der Waals surface area contributed by atoms with E-state index in [9.17, 15) is 9.59 Å². The Morgan fingerprint density at radius 1 is 1.28 bits per heavy atom. The lowest BCUT2D eigenvalue weighted by Crippen LogP contribution is -2.46. The SMILES string of the molecule is [B]C1(C)CCCNC(=O)NCC(=O)CC(C)(N)C1. The molecular weight excluding hydrogens is 229 g/mol. The van der Waals surface area contributed by atoms with Crippen LogP contribution in [0.5, 0.6) is 0 Å². The molecule has 0 bridgehead atoms. The molecule has 100 valence electrons. The quantitative estimate of drug-likeness (QED) is 0.548. The average molecular weight is 251 g/mol. The fourth-order valence-corrected chi connectivity index (χ4v) is 2.52. The van der Waals surface area contributed by atoms with Crippen LogP contribution in [0.1, 0.15) is 39.5 Å². The number of carbonyl (C=O) groups excluding carboxylic acids is 2. The first-order valence-electron chi connectivity index (χ1n) is 6.31. The van der Waals surface area contributed by atoms with E-state index in [1.807, 2.05) is 13.8 Å². The van der Waals surface area contributed by atoms with Crippen molar-refractivity contribution in [3.63, 3.8) is 0 Å². The largest absolute Gasteiger partial charge is 0.338 e. The monoisotopic (exact) mass is 251 g/mol. The van der Waals surface area contributed by atoms with Crippen LogP contribution >= 0.6 is 0 Å². The molecule has 2 amide bonds. The zero-order chi connectivity index (χ0) is 13.8. The van der Waals surface area contributed by atoms with Gasteiger partial charge >= 0.3 is 6.03 Å². The summed E-state index contributed by atoms with van der Waals surface area (Å²) in [7, 11) is 6.19. The van der Waals surface area contributed by atoms with E-state index in [1.165, 1.54) is 0 Å². The second kappa shape index (κ2) is 5.74. The molecule has 0 aromatic rings. The van der Waals surface area contributed by atoms with Gasteiger partial charge in [0.15, 0.2) is 5.78 Å². The van der Waals surface area contributed by atoms with Crippen LogP contribution in [0.3, 0.4) is 0 Å². The van der Waals surface area contributed by atoms with Crippen LogP contribution in [0.25, 0.3) is 0 Å². The molecule has 0 aromatic carbocycles. The summed E-state index contributed by atoms with van der Waals surface area (Å²) in [5, 5.41) is 4.80. The first-order valence-corrected chi connectivity index (χ1v) is 6.31. The number of amides is 2. The standard InChI is InChI=1S/C12H22BN3O2/c1-11(13)4-3-5-15-10(18)16-7-9(17)6-12(2,14)8-11/h3-8,14H2,1-2H3,(H2,15,16,18). The van der Waals surface area contributed by atoms with Crippen LogP contribution in [0.2, 0.25) is 5.31 Å². The van der Waals surface area contributed by atoms with Crippen molar-refractivity contribution >= 4 is 19.7 Å². The molecule has 1 heterocycles. The lowest BCUT2D eigenvalue weighted by Gasteiger charge is -2.35. The minimum atomic E-state index is -0.627.